The lowest BCUT2D eigenvalue weighted by atomic mass is 9.95. The maximum Gasteiger partial charge on any atom is 0.255 e. The summed E-state index contributed by atoms with van der Waals surface area (Å²) in [6, 6.07) is 18.7. The summed E-state index contributed by atoms with van der Waals surface area (Å²) in [5, 5.41) is 17.8. The molecular formula is C18H16N6O. The molecule has 2 aromatic carbocycles. The number of amides is 1. The van der Waals surface area contributed by atoms with E-state index >= 15 is 0 Å². The SMILES string of the molecule is CC1=C(C(=O)Nc2ccccc2)[C@@H](c2ccccc2)n2nnnc2N1. The number of fused-ring (bicyclic) bond motifs is 1. The molecule has 1 aliphatic heterocycles. The quantitative estimate of drug-likeness (QED) is 0.770. The Kier molecular flexibility index (Phi) is 3.74. The zero-order valence-electron chi connectivity index (χ0n) is 13.5. The number of rotatable bonds is 3. The molecule has 0 unspecified atom stereocenters. The van der Waals surface area contributed by atoms with Crippen LogP contribution in [-0.2, 0) is 4.79 Å². The average Bonchev–Trinajstić information content (AvgIpc) is 3.10. The molecule has 0 saturated heterocycles. The average molecular weight is 332 g/mol. The van der Waals surface area contributed by atoms with E-state index in [-0.39, 0.29) is 5.91 Å². The molecule has 1 atom stereocenters. The molecule has 124 valence electrons. The van der Waals surface area contributed by atoms with E-state index in [0.29, 0.717) is 11.5 Å². The molecule has 0 aliphatic carbocycles. The Morgan fingerprint density at radius 2 is 1.76 bits per heavy atom. The largest absolute Gasteiger partial charge is 0.326 e. The molecule has 7 heteroatoms. The van der Waals surface area contributed by atoms with E-state index in [4.69, 9.17) is 0 Å². The number of aromatic nitrogens is 4. The van der Waals surface area contributed by atoms with Crippen molar-refractivity contribution in [3.05, 3.63) is 77.5 Å². The van der Waals surface area contributed by atoms with E-state index in [9.17, 15) is 4.79 Å². The van der Waals surface area contributed by atoms with E-state index < -0.39 is 6.04 Å². The van der Waals surface area contributed by atoms with Crippen molar-refractivity contribution in [1.29, 1.82) is 0 Å². The second-order valence-corrected chi connectivity index (χ2v) is 5.74. The topological polar surface area (TPSA) is 84.7 Å². The Morgan fingerprint density at radius 1 is 1.08 bits per heavy atom. The van der Waals surface area contributed by atoms with Gasteiger partial charge in [0.15, 0.2) is 0 Å². The van der Waals surface area contributed by atoms with Crippen LogP contribution in [0.3, 0.4) is 0 Å². The van der Waals surface area contributed by atoms with Gasteiger partial charge in [0.25, 0.3) is 5.91 Å². The summed E-state index contributed by atoms with van der Waals surface area (Å²) in [5.41, 5.74) is 2.98. The standard InChI is InChI=1S/C18H16N6O/c1-12-15(17(25)20-14-10-6-3-7-11-14)16(13-8-4-2-5-9-13)24-18(19-12)21-22-23-24/h2-11,16H,1H3,(H,20,25)(H,19,21,23)/t16-/m1/s1. The van der Waals surface area contributed by atoms with E-state index in [1.54, 1.807) is 4.68 Å². The third kappa shape index (κ3) is 2.76. The summed E-state index contributed by atoms with van der Waals surface area (Å²) in [4.78, 5) is 13.0. The van der Waals surface area contributed by atoms with Crippen molar-refractivity contribution < 1.29 is 4.79 Å². The van der Waals surface area contributed by atoms with Crippen molar-refractivity contribution in [2.45, 2.75) is 13.0 Å². The molecule has 1 aliphatic rings. The second kappa shape index (κ2) is 6.20. The number of benzene rings is 2. The van der Waals surface area contributed by atoms with Gasteiger partial charge in [0, 0.05) is 11.4 Å². The van der Waals surface area contributed by atoms with Crippen molar-refractivity contribution in [2.75, 3.05) is 10.6 Å². The number of carbonyl (C=O) groups is 1. The van der Waals surface area contributed by atoms with Gasteiger partial charge in [-0.3, -0.25) is 4.79 Å². The number of anilines is 2. The van der Waals surface area contributed by atoms with Crippen LogP contribution in [0.5, 0.6) is 0 Å². The van der Waals surface area contributed by atoms with Crippen LogP contribution in [0.4, 0.5) is 11.6 Å². The van der Waals surface area contributed by atoms with E-state index in [1.165, 1.54) is 0 Å². The highest BCUT2D eigenvalue weighted by molar-refractivity contribution is 6.05. The molecule has 0 fully saturated rings. The van der Waals surface area contributed by atoms with Crippen LogP contribution in [0.25, 0.3) is 0 Å². The lowest BCUT2D eigenvalue weighted by Crippen LogP contribution is -2.31. The number of nitrogens with zero attached hydrogens (tertiary/aromatic N) is 4. The van der Waals surface area contributed by atoms with Gasteiger partial charge in [0.2, 0.25) is 5.95 Å². The third-order valence-electron chi connectivity index (χ3n) is 4.11. The lowest BCUT2D eigenvalue weighted by Gasteiger charge is -2.27. The van der Waals surface area contributed by atoms with Gasteiger partial charge in [-0.05, 0) is 35.0 Å². The Balaban J connectivity index is 1.77. The van der Waals surface area contributed by atoms with Crippen LogP contribution in [0.15, 0.2) is 71.9 Å². The molecule has 1 amide bonds. The van der Waals surface area contributed by atoms with E-state index in [0.717, 1.165) is 16.9 Å². The summed E-state index contributed by atoms with van der Waals surface area (Å²) >= 11 is 0. The predicted octanol–water partition coefficient (Wildman–Crippen LogP) is 2.60. The zero-order chi connectivity index (χ0) is 17.2. The van der Waals surface area contributed by atoms with Crippen LogP contribution in [0.2, 0.25) is 0 Å². The van der Waals surface area contributed by atoms with Crippen molar-refractivity contribution in [1.82, 2.24) is 20.2 Å². The highest BCUT2D eigenvalue weighted by Gasteiger charge is 2.33. The first-order valence-electron chi connectivity index (χ1n) is 7.91. The van der Waals surface area contributed by atoms with Gasteiger partial charge in [0.05, 0.1) is 5.57 Å². The monoisotopic (exact) mass is 332 g/mol. The molecule has 0 bridgehead atoms. The Bertz CT molecular complexity index is 932. The zero-order valence-corrected chi connectivity index (χ0v) is 13.5. The molecule has 25 heavy (non-hydrogen) atoms. The van der Waals surface area contributed by atoms with Crippen LogP contribution in [0, 0.1) is 0 Å². The van der Waals surface area contributed by atoms with Crippen molar-refractivity contribution in [3.63, 3.8) is 0 Å². The smallest absolute Gasteiger partial charge is 0.255 e. The number of hydrogen-bond donors (Lipinski definition) is 2. The number of para-hydroxylation sites is 1. The fraction of sp³-hybridized carbons (Fsp3) is 0.111. The first-order valence-corrected chi connectivity index (χ1v) is 7.91. The van der Waals surface area contributed by atoms with Gasteiger partial charge in [-0.25, -0.2) is 0 Å². The molecule has 3 aromatic rings. The van der Waals surface area contributed by atoms with Gasteiger partial charge in [-0.1, -0.05) is 53.6 Å². The first-order chi connectivity index (χ1) is 12.2. The number of carbonyl (C=O) groups excluding carboxylic acids is 1. The van der Waals surface area contributed by atoms with Crippen LogP contribution in [0.1, 0.15) is 18.5 Å². The number of hydrogen-bond acceptors (Lipinski definition) is 5. The first kappa shape index (κ1) is 15.1. The molecule has 0 spiro atoms. The second-order valence-electron chi connectivity index (χ2n) is 5.74. The van der Waals surface area contributed by atoms with Crippen molar-refractivity contribution >= 4 is 17.5 Å². The summed E-state index contributed by atoms with van der Waals surface area (Å²) in [7, 11) is 0. The summed E-state index contributed by atoms with van der Waals surface area (Å²) in [6.07, 6.45) is 0. The fourth-order valence-electron chi connectivity index (χ4n) is 2.97. The molecule has 0 saturated carbocycles. The molecule has 7 nitrogen and oxygen atoms in total. The summed E-state index contributed by atoms with van der Waals surface area (Å²) in [6.45, 7) is 1.86. The van der Waals surface area contributed by atoms with Gasteiger partial charge in [-0.15, -0.1) is 0 Å². The molecule has 2 heterocycles. The summed E-state index contributed by atoms with van der Waals surface area (Å²) < 4.78 is 1.63. The van der Waals surface area contributed by atoms with Crippen molar-refractivity contribution in [2.24, 2.45) is 0 Å². The normalized spacial score (nSPS) is 16.1. The fourth-order valence-corrected chi connectivity index (χ4v) is 2.97. The Morgan fingerprint density at radius 3 is 2.48 bits per heavy atom. The third-order valence-corrected chi connectivity index (χ3v) is 4.11. The lowest BCUT2D eigenvalue weighted by molar-refractivity contribution is -0.113. The molecule has 2 N–H and O–H groups in total. The highest BCUT2D eigenvalue weighted by Crippen LogP contribution is 2.34. The van der Waals surface area contributed by atoms with E-state index in [2.05, 4.69) is 26.2 Å². The predicted molar refractivity (Wildman–Crippen MR) is 93.8 cm³/mol. The van der Waals surface area contributed by atoms with Crippen molar-refractivity contribution in [3.8, 4) is 0 Å². The minimum Gasteiger partial charge on any atom is -0.326 e. The maximum atomic E-state index is 13.0. The molecular weight excluding hydrogens is 316 g/mol. The number of allylic oxidation sites excluding steroid dienone is 1. The Hall–Kier alpha value is -3.48. The van der Waals surface area contributed by atoms with E-state index in [1.807, 2.05) is 67.6 Å². The van der Waals surface area contributed by atoms with Crippen LogP contribution in [-0.4, -0.2) is 26.1 Å². The van der Waals surface area contributed by atoms with Gasteiger partial charge >= 0.3 is 0 Å². The Labute approximate surface area is 144 Å². The van der Waals surface area contributed by atoms with Gasteiger partial charge in [0.1, 0.15) is 6.04 Å². The van der Waals surface area contributed by atoms with Crippen LogP contribution < -0.4 is 10.6 Å². The maximum absolute atomic E-state index is 13.0. The molecule has 0 radical (unpaired) electrons. The minimum absolute atomic E-state index is 0.189. The van der Waals surface area contributed by atoms with Gasteiger partial charge < -0.3 is 10.6 Å². The minimum atomic E-state index is -0.392. The molecule has 4 rings (SSSR count). The van der Waals surface area contributed by atoms with Gasteiger partial charge in [-0.2, -0.15) is 4.68 Å². The number of tetrazole rings is 1. The molecule has 1 aromatic heterocycles. The number of nitrogens with one attached hydrogen (secondary N) is 2. The summed E-state index contributed by atoms with van der Waals surface area (Å²) in [5.74, 6) is 0.328. The highest BCUT2D eigenvalue weighted by atomic mass is 16.1. The van der Waals surface area contributed by atoms with Crippen LogP contribution >= 0.6 is 0 Å².